The van der Waals surface area contributed by atoms with Crippen molar-refractivity contribution in [1.29, 1.82) is 0 Å². The van der Waals surface area contributed by atoms with Gasteiger partial charge in [-0.2, -0.15) is 0 Å². The number of hydrogen-bond acceptors (Lipinski definition) is 5. The summed E-state index contributed by atoms with van der Waals surface area (Å²) in [6.07, 6.45) is 0. The van der Waals surface area contributed by atoms with Crippen LogP contribution in [0, 0.1) is 0 Å². The largest absolute Gasteiger partial charge is 0.465 e. The lowest BCUT2D eigenvalue weighted by Gasteiger charge is -2.07. The Hall–Kier alpha value is -2.37. The molecule has 24 heavy (non-hydrogen) atoms. The molecule has 128 valence electrons. The summed E-state index contributed by atoms with van der Waals surface area (Å²) in [5.74, 6) is -0.676. The van der Waals surface area contributed by atoms with Gasteiger partial charge in [0.1, 0.15) is 0 Å². The molecule has 2 aromatic carbocycles. The quantitative estimate of drug-likeness (QED) is 0.812. The first-order valence-corrected chi connectivity index (χ1v) is 7.19. The van der Waals surface area contributed by atoms with Crippen molar-refractivity contribution in [2.75, 3.05) is 14.2 Å². The minimum atomic E-state index is -0.338. The highest BCUT2D eigenvalue weighted by Gasteiger charge is 2.05. The van der Waals surface area contributed by atoms with Crippen molar-refractivity contribution >= 4 is 24.3 Å². The van der Waals surface area contributed by atoms with E-state index in [1.54, 1.807) is 24.3 Å². The van der Waals surface area contributed by atoms with Crippen LogP contribution in [-0.4, -0.2) is 26.2 Å². The molecule has 0 aliphatic carbocycles. The van der Waals surface area contributed by atoms with Crippen molar-refractivity contribution in [3.05, 3.63) is 70.8 Å². The van der Waals surface area contributed by atoms with Gasteiger partial charge in [-0.15, -0.1) is 12.4 Å². The first-order valence-electron chi connectivity index (χ1n) is 7.19. The van der Waals surface area contributed by atoms with Crippen LogP contribution in [0.2, 0.25) is 0 Å². The summed E-state index contributed by atoms with van der Waals surface area (Å²) in [5, 5.41) is 3.31. The molecule has 0 fully saturated rings. The van der Waals surface area contributed by atoms with Gasteiger partial charge in [0.05, 0.1) is 25.3 Å². The Balaban J connectivity index is 0.00000288. The number of carbonyl (C=O) groups excluding carboxylic acids is 2. The molecule has 0 unspecified atom stereocenters. The SMILES string of the molecule is COC(=O)c1ccc(CNCc2ccc(C(=O)OC)cc2)cc1.Cl. The average Bonchev–Trinajstić information content (AvgIpc) is 2.61. The van der Waals surface area contributed by atoms with Crippen LogP contribution < -0.4 is 5.32 Å². The lowest BCUT2D eigenvalue weighted by molar-refractivity contribution is 0.0592. The number of esters is 2. The second-order valence-corrected chi connectivity index (χ2v) is 4.98. The van der Waals surface area contributed by atoms with Crippen LogP contribution in [0.4, 0.5) is 0 Å². The molecule has 0 aromatic heterocycles. The topological polar surface area (TPSA) is 64.6 Å². The number of methoxy groups -OCH3 is 2. The van der Waals surface area contributed by atoms with E-state index in [4.69, 9.17) is 0 Å². The molecule has 2 rings (SSSR count). The summed E-state index contributed by atoms with van der Waals surface area (Å²) in [6, 6.07) is 14.5. The molecule has 2 aromatic rings. The van der Waals surface area contributed by atoms with Gasteiger partial charge in [0.15, 0.2) is 0 Å². The first kappa shape index (κ1) is 19.7. The van der Waals surface area contributed by atoms with Crippen LogP contribution >= 0.6 is 12.4 Å². The van der Waals surface area contributed by atoms with E-state index in [1.807, 2.05) is 24.3 Å². The smallest absolute Gasteiger partial charge is 0.337 e. The maximum atomic E-state index is 11.4. The molecule has 0 aliphatic rings. The summed E-state index contributed by atoms with van der Waals surface area (Å²) in [6.45, 7) is 1.36. The Morgan fingerprint density at radius 1 is 0.750 bits per heavy atom. The van der Waals surface area contributed by atoms with E-state index in [2.05, 4.69) is 14.8 Å². The lowest BCUT2D eigenvalue weighted by Crippen LogP contribution is -2.13. The number of halogens is 1. The fourth-order valence-electron chi connectivity index (χ4n) is 2.10. The highest BCUT2D eigenvalue weighted by Crippen LogP contribution is 2.08. The number of rotatable bonds is 6. The first-order chi connectivity index (χ1) is 11.1. The molecule has 6 heteroatoms. The molecule has 0 bridgehead atoms. The number of carbonyl (C=O) groups is 2. The summed E-state index contributed by atoms with van der Waals surface area (Å²) >= 11 is 0. The molecular formula is C18H20ClNO4. The molecule has 0 radical (unpaired) electrons. The Kier molecular flexibility index (Phi) is 7.95. The minimum Gasteiger partial charge on any atom is -0.465 e. The van der Waals surface area contributed by atoms with E-state index < -0.39 is 0 Å². The molecular weight excluding hydrogens is 330 g/mol. The van der Waals surface area contributed by atoms with Crippen LogP contribution in [0.15, 0.2) is 48.5 Å². The Bertz CT molecular complexity index is 609. The van der Waals surface area contributed by atoms with E-state index in [0.717, 1.165) is 11.1 Å². The van der Waals surface area contributed by atoms with Gasteiger partial charge in [0.25, 0.3) is 0 Å². The molecule has 0 aliphatic heterocycles. The average molecular weight is 350 g/mol. The highest BCUT2D eigenvalue weighted by molar-refractivity contribution is 5.89. The van der Waals surface area contributed by atoms with E-state index in [9.17, 15) is 9.59 Å². The molecule has 0 saturated carbocycles. The maximum absolute atomic E-state index is 11.4. The highest BCUT2D eigenvalue weighted by atomic mass is 35.5. The number of benzene rings is 2. The van der Waals surface area contributed by atoms with Gasteiger partial charge in [-0.1, -0.05) is 24.3 Å². The predicted octanol–water partition coefficient (Wildman–Crippen LogP) is 2.97. The number of ether oxygens (including phenoxy) is 2. The fourth-order valence-corrected chi connectivity index (χ4v) is 2.10. The normalized spacial score (nSPS) is 9.75. The van der Waals surface area contributed by atoms with Crippen molar-refractivity contribution in [2.45, 2.75) is 13.1 Å². The van der Waals surface area contributed by atoms with Gasteiger partial charge in [-0.25, -0.2) is 9.59 Å². The summed E-state index contributed by atoms with van der Waals surface area (Å²) < 4.78 is 9.32. The number of nitrogens with one attached hydrogen (secondary N) is 1. The third-order valence-electron chi connectivity index (χ3n) is 3.41. The monoisotopic (exact) mass is 349 g/mol. The minimum absolute atomic E-state index is 0. The second kappa shape index (κ2) is 9.70. The van der Waals surface area contributed by atoms with E-state index >= 15 is 0 Å². The summed E-state index contributed by atoms with van der Waals surface area (Å²) in [7, 11) is 2.73. The van der Waals surface area contributed by atoms with Crippen molar-refractivity contribution in [1.82, 2.24) is 5.32 Å². The standard InChI is InChI=1S/C18H19NO4.ClH/c1-22-17(20)15-7-3-13(4-8-15)11-19-12-14-5-9-16(10-6-14)18(21)23-2;/h3-10,19H,11-12H2,1-2H3;1H. The molecule has 0 amide bonds. The van der Waals surface area contributed by atoms with Crippen LogP contribution in [0.3, 0.4) is 0 Å². The van der Waals surface area contributed by atoms with E-state index in [0.29, 0.717) is 24.2 Å². The molecule has 0 saturated heterocycles. The van der Waals surface area contributed by atoms with Crippen LogP contribution in [0.5, 0.6) is 0 Å². The molecule has 0 spiro atoms. The molecule has 5 nitrogen and oxygen atoms in total. The third kappa shape index (κ3) is 5.37. The summed E-state index contributed by atoms with van der Waals surface area (Å²) in [5.41, 5.74) is 3.22. The van der Waals surface area contributed by atoms with Gasteiger partial charge < -0.3 is 14.8 Å². The van der Waals surface area contributed by atoms with Gasteiger partial charge in [-0.05, 0) is 35.4 Å². The Labute approximate surface area is 147 Å². The predicted molar refractivity (Wildman–Crippen MR) is 93.4 cm³/mol. The second-order valence-electron chi connectivity index (χ2n) is 4.98. The fraction of sp³-hybridized carbons (Fsp3) is 0.222. The van der Waals surface area contributed by atoms with Crippen molar-refractivity contribution in [3.8, 4) is 0 Å². The molecule has 1 N–H and O–H groups in total. The summed E-state index contributed by atoms with van der Waals surface area (Å²) in [4.78, 5) is 22.7. The Morgan fingerprint density at radius 3 is 1.38 bits per heavy atom. The maximum Gasteiger partial charge on any atom is 0.337 e. The van der Waals surface area contributed by atoms with Crippen LogP contribution in [0.1, 0.15) is 31.8 Å². The van der Waals surface area contributed by atoms with Gasteiger partial charge in [0.2, 0.25) is 0 Å². The van der Waals surface area contributed by atoms with E-state index in [1.165, 1.54) is 14.2 Å². The van der Waals surface area contributed by atoms with Crippen molar-refractivity contribution < 1.29 is 19.1 Å². The van der Waals surface area contributed by atoms with Crippen molar-refractivity contribution in [3.63, 3.8) is 0 Å². The third-order valence-corrected chi connectivity index (χ3v) is 3.41. The van der Waals surface area contributed by atoms with Gasteiger partial charge in [-0.3, -0.25) is 0 Å². The van der Waals surface area contributed by atoms with Gasteiger partial charge >= 0.3 is 11.9 Å². The number of hydrogen-bond donors (Lipinski definition) is 1. The lowest BCUT2D eigenvalue weighted by atomic mass is 10.1. The zero-order valence-electron chi connectivity index (χ0n) is 13.6. The molecule has 0 atom stereocenters. The van der Waals surface area contributed by atoms with E-state index in [-0.39, 0.29) is 24.3 Å². The van der Waals surface area contributed by atoms with Crippen molar-refractivity contribution in [2.24, 2.45) is 0 Å². The van der Waals surface area contributed by atoms with Gasteiger partial charge in [0, 0.05) is 13.1 Å². The van der Waals surface area contributed by atoms with Crippen LogP contribution in [-0.2, 0) is 22.6 Å². The van der Waals surface area contributed by atoms with Crippen LogP contribution in [0.25, 0.3) is 0 Å². The molecule has 0 heterocycles. The zero-order chi connectivity index (χ0) is 16.7. The zero-order valence-corrected chi connectivity index (χ0v) is 14.4. The Morgan fingerprint density at radius 2 is 1.08 bits per heavy atom.